The predicted molar refractivity (Wildman–Crippen MR) is 73.3 cm³/mol. The first-order valence-corrected chi connectivity index (χ1v) is 6.27. The molecule has 0 radical (unpaired) electrons. The van der Waals surface area contributed by atoms with E-state index in [-0.39, 0.29) is 17.2 Å². The minimum Gasteiger partial charge on any atom is -0.468 e. The zero-order chi connectivity index (χ0) is 15.5. The first-order valence-electron chi connectivity index (χ1n) is 6.27. The molecule has 1 aromatic rings. The van der Waals surface area contributed by atoms with Crippen LogP contribution in [0.3, 0.4) is 0 Å². The molecule has 0 aliphatic carbocycles. The molecule has 0 aliphatic heterocycles. The van der Waals surface area contributed by atoms with Crippen LogP contribution in [0.4, 0.5) is 5.69 Å². The molecule has 2 atom stereocenters. The number of nitro groups is 1. The zero-order valence-electron chi connectivity index (χ0n) is 12.0. The first kappa shape index (κ1) is 16.1. The Bertz CT molecular complexity index is 514. The number of carbonyl (C=O) groups is 1. The molecule has 0 saturated heterocycles. The average Bonchev–Trinajstić information content (AvgIpc) is 2.44. The topological polar surface area (TPSA) is 89.7 Å². The number of rotatable bonds is 5. The summed E-state index contributed by atoms with van der Waals surface area (Å²) in [5.74, 6) is -0.966. The second kappa shape index (κ2) is 6.00. The molecule has 0 spiro atoms. The molecule has 1 rings (SSSR count). The van der Waals surface area contributed by atoms with E-state index in [1.807, 2.05) is 0 Å². The molecule has 0 bridgehead atoms. The molecule has 0 fully saturated rings. The third-order valence-corrected chi connectivity index (χ3v) is 3.49. The Morgan fingerprint density at radius 2 is 1.95 bits per heavy atom. The molecule has 2 unspecified atom stereocenters. The molecular weight excluding hydrogens is 262 g/mol. The largest absolute Gasteiger partial charge is 0.468 e. The Kier molecular flexibility index (Phi) is 4.83. The van der Waals surface area contributed by atoms with Gasteiger partial charge in [-0.3, -0.25) is 14.9 Å². The SMILES string of the molecule is COC(=O)C(C)(c1ccccc1[N+](=O)[O-])C(O)C(C)C. The number of nitro benzene ring substituents is 1. The molecule has 0 aliphatic rings. The Hall–Kier alpha value is -1.95. The smallest absolute Gasteiger partial charge is 0.318 e. The van der Waals surface area contributed by atoms with Gasteiger partial charge in [-0.2, -0.15) is 0 Å². The van der Waals surface area contributed by atoms with E-state index < -0.39 is 22.4 Å². The molecule has 0 aromatic heterocycles. The fourth-order valence-corrected chi connectivity index (χ4v) is 2.34. The van der Waals surface area contributed by atoms with Gasteiger partial charge in [0, 0.05) is 11.6 Å². The number of hydrogen-bond donors (Lipinski definition) is 1. The van der Waals surface area contributed by atoms with E-state index in [4.69, 9.17) is 4.74 Å². The van der Waals surface area contributed by atoms with Gasteiger partial charge in [0.05, 0.1) is 18.1 Å². The summed E-state index contributed by atoms with van der Waals surface area (Å²) in [7, 11) is 1.20. The van der Waals surface area contributed by atoms with Crippen molar-refractivity contribution in [3.8, 4) is 0 Å². The number of carbonyl (C=O) groups excluding carboxylic acids is 1. The number of aliphatic hydroxyl groups excluding tert-OH is 1. The van der Waals surface area contributed by atoms with E-state index >= 15 is 0 Å². The van der Waals surface area contributed by atoms with Crippen LogP contribution in [0.25, 0.3) is 0 Å². The van der Waals surface area contributed by atoms with Crippen LogP contribution in [0.2, 0.25) is 0 Å². The summed E-state index contributed by atoms with van der Waals surface area (Å²) < 4.78 is 4.75. The van der Waals surface area contributed by atoms with Crippen molar-refractivity contribution in [2.24, 2.45) is 5.92 Å². The summed E-state index contributed by atoms with van der Waals surface area (Å²) in [5, 5.41) is 21.5. The molecule has 0 saturated carbocycles. The number of aliphatic hydroxyl groups is 1. The monoisotopic (exact) mass is 281 g/mol. The lowest BCUT2D eigenvalue weighted by Gasteiger charge is -2.34. The van der Waals surface area contributed by atoms with Crippen LogP contribution >= 0.6 is 0 Å². The van der Waals surface area contributed by atoms with Crippen LogP contribution in [0.15, 0.2) is 24.3 Å². The van der Waals surface area contributed by atoms with Crippen molar-refractivity contribution in [2.45, 2.75) is 32.3 Å². The summed E-state index contributed by atoms with van der Waals surface area (Å²) in [6.45, 7) is 4.94. The summed E-state index contributed by atoms with van der Waals surface area (Å²) in [4.78, 5) is 22.7. The number of hydrogen-bond acceptors (Lipinski definition) is 5. The van der Waals surface area contributed by atoms with E-state index in [1.54, 1.807) is 19.9 Å². The van der Waals surface area contributed by atoms with E-state index in [0.29, 0.717) is 0 Å². The van der Waals surface area contributed by atoms with Crippen molar-refractivity contribution >= 4 is 11.7 Å². The van der Waals surface area contributed by atoms with Crippen molar-refractivity contribution in [1.29, 1.82) is 0 Å². The lowest BCUT2D eigenvalue weighted by atomic mass is 9.73. The highest BCUT2D eigenvalue weighted by atomic mass is 16.6. The van der Waals surface area contributed by atoms with Gasteiger partial charge in [0.1, 0.15) is 5.41 Å². The Morgan fingerprint density at radius 3 is 2.40 bits per heavy atom. The summed E-state index contributed by atoms with van der Waals surface area (Å²) >= 11 is 0. The maximum absolute atomic E-state index is 12.2. The van der Waals surface area contributed by atoms with Gasteiger partial charge < -0.3 is 9.84 Å². The Balaban J connectivity index is 3.54. The van der Waals surface area contributed by atoms with Crippen LogP contribution in [0, 0.1) is 16.0 Å². The van der Waals surface area contributed by atoms with E-state index in [2.05, 4.69) is 0 Å². The average molecular weight is 281 g/mol. The zero-order valence-corrected chi connectivity index (χ0v) is 12.0. The van der Waals surface area contributed by atoms with E-state index in [1.165, 1.54) is 32.2 Å². The second-order valence-electron chi connectivity index (χ2n) is 5.16. The van der Waals surface area contributed by atoms with Gasteiger partial charge in [0.15, 0.2) is 0 Å². The van der Waals surface area contributed by atoms with Gasteiger partial charge in [0.25, 0.3) is 5.69 Å². The van der Waals surface area contributed by atoms with Crippen molar-refractivity contribution < 1.29 is 19.6 Å². The molecule has 6 nitrogen and oxygen atoms in total. The number of ether oxygens (including phenoxy) is 1. The highest BCUT2D eigenvalue weighted by Gasteiger charge is 2.48. The van der Waals surface area contributed by atoms with Crippen molar-refractivity contribution in [1.82, 2.24) is 0 Å². The molecule has 20 heavy (non-hydrogen) atoms. The van der Waals surface area contributed by atoms with E-state index in [9.17, 15) is 20.0 Å². The first-order chi connectivity index (χ1) is 9.26. The standard InChI is InChI=1S/C14H19NO5/c1-9(2)12(16)14(3,13(17)20-4)10-7-5-6-8-11(10)15(18)19/h5-9,12,16H,1-4H3. The molecule has 0 amide bonds. The lowest BCUT2D eigenvalue weighted by molar-refractivity contribution is -0.386. The third kappa shape index (κ3) is 2.65. The molecular formula is C14H19NO5. The van der Waals surface area contributed by atoms with Crippen LogP contribution < -0.4 is 0 Å². The summed E-state index contributed by atoms with van der Waals surface area (Å²) in [6.07, 6.45) is -1.10. The number of methoxy groups -OCH3 is 1. The quantitative estimate of drug-likeness (QED) is 0.507. The van der Waals surface area contributed by atoms with E-state index in [0.717, 1.165) is 0 Å². The van der Waals surface area contributed by atoms with Crippen LogP contribution in [-0.2, 0) is 14.9 Å². The minimum atomic E-state index is -1.49. The van der Waals surface area contributed by atoms with Crippen molar-refractivity contribution in [3.05, 3.63) is 39.9 Å². The lowest BCUT2D eigenvalue weighted by Crippen LogP contribution is -2.47. The number of esters is 1. The molecule has 6 heteroatoms. The molecule has 110 valence electrons. The highest BCUT2D eigenvalue weighted by molar-refractivity contribution is 5.85. The minimum absolute atomic E-state index is 0.151. The molecule has 0 heterocycles. The second-order valence-corrected chi connectivity index (χ2v) is 5.16. The third-order valence-electron chi connectivity index (χ3n) is 3.49. The van der Waals surface area contributed by atoms with Gasteiger partial charge in [-0.05, 0) is 12.8 Å². The fourth-order valence-electron chi connectivity index (χ4n) is 2.34. The van der Waals surface area contributed by atoms with Gasteiger partial charge in [0.2, 0.25) is 0 Å². The van der Waals surface area contributed by atoms with Gasteiger partial charge in [-0.25, -0.2) is 0 Å². The molecule has 1 aromatic carbocycles. The summed E-state index contributed by atoms with van der Waals surface area (Å²) in [5.41, 5.74) is -1.55. The van der Waals surface area contributed by atoms with Gasteiger partial charge in [-0.15, -0.1) is 0 Å². The van der Waals surface area contributed by atoms with Gasteiger partial charge >= 0.3 is 5.97 Å². The van der Waals surface area contributed by atoms with Crippen molar-refractivity contribution in [2.75, 3.05) is 7.11 Å². The van der Waals surface area contributed by atoms with Crippen LogP contribution in [0.1, 0.15) is 26.3 Å². The molecule has 1 N–H and O–H groups in total. The summed E-state index contributed by atoms with van der Waals surface area (Å²) in [6, 6.07) is 5.89. The maximum atomic E-state index is 12.2. The number of nitrogens with zero attached hydrogens (tertiary/aromatic N) is 1. The predicted octanol–water partition coefficient (Wildman–Crippen LogP) is 2.04. The Labute approximate surface area is 117 Å². The Morgan fingerprint density at radius 1 is 1.40 bits per heavy atom. The maximum Gasteiger partial charge on any atom is 0.318 e. The number of benzene rings is 1. The number of para-hydroxylation sites is 1. The highest BCUT2D eigenvalue weighted by Crippen LogP contribution is 2.37. The van der Waals surface area contributed by atoms with Crippen molar-refractivity contribution in [3.63, 3.8) is 0 Å². The normalized spacial score (nSPS) is 15.5. The van der Waals surface area contributed by atoms with Crippen LogP contribution in [-0.4, -0.2) is 29.2 Å². The fraction of sp³-hybridized carbons (Fsp3) is 0.500. The van der Waals surface area contributed by atoms with Gasteiger partial charge in [-0.1, -0.05) is 32.0 Å². The van der Waals surface area contributed by atoms with Crippen LogP contribution in [0.5, 0.6) is 0 Å².